The molecule has 0 aliphatic carbocycles. The minimum absolute atomic E-state index is 0.102. The number of carbonyl (C=O) groups is 1. The average molecular weight is 494 g/mol. The van der Waals surface area contributed by atoms with E-state index in [-0.39, 0.29) is 10.8 Å². The van der Waals surface area contributed by atoms with Crippen molar-refractivity contribution in [2.75, 3.05) is 42.9 Å². The molecular formula is C27H31N3O4S. The Morgan fingerprint density at radius 1 is 0.914 bits per heavy atom. The van der Waals surface area contributed by atoms with Crippen molar-refractivity contribution >= 4 is 27.3 Å². The number of hydrogen-bond acceptors (Lipinski definition) is 5. The van der Waals surface area contributed by atoms with E-state index in [9.17, 15) is 13.2 Å². The zero-order chi connectivity index (χ0) is 25.0. The number of ether oxygens (including phenoxy) is 1. The molecule has 0 radical (unpaired) electrons. The lowest BCUT2D eigenvalue weighted by molar-refractivity contribution is 0.0767. The highest BCUT2D eigenvalue weighted by atomic mass is 32.2. The normalized spacial score (nSPS) is 14.4. The van der Waals surface area contributed by atoms with Gasteiger partial charge in [0.1, 0.15) is 5.75 Å². The van der Waals surface area contributed by atoms with Crippen LogP contribution in [0, 0.1) is 13.8 Å². The molecule has 1 heterocycles. The number of carbonyl (C=O) groups excluding carboxylic acids is 1. The standard InChI is InChI=1S/C27H31N3O4S/c1-20-8-9-21(2)26(18-20)35(32,33)28-23-7-4-6-22(19-23)27(31)30-15-5-14-29(16-17-30)24-10-12-25(34-3)13-11-24/h4,6-13,18-19,28H,5,14-17H2,1-3H3. The number of anilines is 2. The zero-order valence-electron chi connectivity index (χ0n) is 20.3. The molecule has 0 spiro atoms. The Bertz CT molecular complexity index is 1310. The van der Waals surface area contributed by atoms with E-state index >= 15 is 0 Å². The minimum Gasteiger partial charge on any atom is -0.497 e. The van der Waals surface area contributed by atoms with E-state index in [0.29, 0.717) is 29.9 Å². The van der Waals surface area contributed by atoms with E-state index in [1.165, 1.54) is 0 Å². The van der Waals surface area contributed by atoms with Crippen molar-refractivity contribution in [3.05, 3.63) is 83.4 Å². The number of nitrogens with zero attached hydrogens (tertiary/aromatic N) is 2. The quantitative estimate of drug-likeness (QED) is 0.548. The van der Waals surface area contributed by atoms with Crippen molar-refractivity contribution in [2.45, 2.75) is 25.2 Å². The molecule has 1 aliphatic rings. The topological polar surface area (TPSA) is 79.0 Å². The number of hydrogen-bond donors (Lipinski definition) is 1. The number of amides is 1. The SMILES string of the molecule is COc1ccc(N2CCCN(C(=O)c3cccc(NS(=O)(=O)c4cc(C)ccc4C)c3)CC2)cc1. The van der Waals surface area contributed by atoms with Gasteiger partial charge in [-0.05, 0) is 79.9 Å². The van der Waals surface area contributed by atoms with E-state index in [2.05, 4.69) is 9.62 Å². The van der Waals surface area contributed by atoms with E-state index in [4.69, 9.17) is 4.74 Å². The predicted molar refractivity (Wildman–Crippen MR) is 139 cm³/mol. The maximum atomic E-state index is 13.3. The molecule has 0 aromatic heterocycles. The summed E-state index contributed by atoms with van der Waals surface area (Å²) in [6.07, 6.45) is 0.844. The van der Waals surface area contributed by atoms with Gasteiger partial charge >= 0.3 is 0 Å². The van der Waals surface area contributed by atoms with Crippen LogP contribution in [-0.2, 0) is 10.0 Å². The number of benzene rings is 3. The van der Waals surface area contributed by atoms with Crippen LogP contribution < -0.4 is 14.4 Å². The van der Waals surface area contributed by atoms with Crippen LogP contribution in [0.3, 0.4) is 0 Å². The fourth-order valence-electron chi connectivity index (χ4n) is 4.28. The van der Waals surface area contributed by atoms with Crippen molar-refractivity contribution in [3.8, 4) is 5.75 Å². The Kier molecular flexibility index (Phi) is 7.31. The molecule has 1 fully saturated rings. The summed E-state index contributed by atoms with van der Waals surface area (Å²) in [5.74, 6) is 0.711. The molecule has 0 bridgehead atoms. The summed E-state index contributed by atoms with van der Waals surface area (Å²) in [7, 11) is -2.13. The van der Waals surface area contributed by atoms with Gasteiger partial charge in [-0.3, -0.25) is 9.52 Å². The molecule has 1 saturated heterocycles. The summed E-state index contributed by atoms with van der Waals surface area (Å²) in [5, 5.41) is 0. The van der Waals surface area contributed by atoms with E-state index in [1.54, 1.807) is 50.4 Å². The fraction of sp³-hybridized carbons (Fsp3) is 0.296. The summed E-state index contributed by atoms with van der Waals surface area (Å²) < 4.78 is 33.9. The highest BCUT2D eigenvalue weighted by molar-refractivity contribution is 7.92. The molecule has 1 aliphatic heterocycles. The van der Waals surface area contributed by atoms with Gasteiger partial charge in [-0.25, -0.2) is 8.42 Å². The number of sulfonamides is 1. The summed E-state index contributed by atoms with van der Waals surface area (Å²) in [5.41, 5.74) is 3.46. The second-order valence-corrected chi connectivity index (χ2v) is 10.4. The van der Waals surface area contributed by atoms with Crippen LogP contribution >= 0.6 is 0 Å². The molecule has 8 heteroatoms. The Morgan fingerprint density at radius 2 is 1.69 bits per heavy atom. The van der Waals surface area contributed by atoms with Crippen LogP contribution in [0.1, 0.15) is 27.9 Å². The van der Waals surface area contributed by atoms with Gasteiger partial charge in [0.05, 0.1) is 12.0 Å². The third-order valence-electron chi connectivity index (χ3n) is 6.22. The molecule has 184 valence electrons. The van der Waals surface area contributed by atoms with Crippen LogP contribution in [0.4, 0.5) is 11.4 Å². The van der Waals surface area contributed by atoms with Crippen LogP contribution in [0.2, 0.25) is 0 Å². The number of methoxy groups -OCH3 is 1. The highest BCUT2D eigenvalue weighted by Gasteiger charge is 2.22. The van der Waals surface area contributed by atoms with Crippen molar-refractivity contribution < 1.29 is 17.9 Å². The lowest BCUT2D eigenvalue weighted by Crippen LogP contribution is -2.35. The number of aryl methyl sites for hydroxylation is 2. The third-order valence-corrected chi connectivity index (χ3v) is 7.74. The van der Waals surface area contributed by atoms with Gasteiger partial charge in [-0.2, -0.15) is 0 Å². The predicted octanol–water partition coefficient (Wildman–Crippen LogP) is 4.47. The van der Waals surface area contributed by atoms with Crippen molar-refractivity contribution in [1.82, 2.24) is 4.90 Å². The molecule has 3 aromatic carbocycles. The molecule has 1 amide bonds. The maximum absolute atomic E-state index is 13.3. The molecule has 3 aromatic rings. The number of rotatable bonds is 6. The highest BCUT2D eigenvalue weighted by Crippen LogP contribution is 2.23. The fourth-order valence-corrected chi connectivity index (χ4v) is 5.66. The molecule has 0 saturated carbocycles. The lowest BCUT2D eigenvalue weighted by atomic mass is 10.1. The first-order valence-corrected chi connectivity index (χ1v) is 13.1. The lowest BCUT2D eigenvalue weighted by Gasteiger charge is -2.24. The second-order valence-electron chi connectivity index (χ2n) is 8.79. The summed E-state index contributed by atoms with van der Waals surface area (Å²) >= 11 is 0. The molecule has 4 rings (SSSR count). The molecule has 0 unspecified atom stereocenters. The van der Waals surface area contributed by atoms with E-state index in [0.717, 1.165) is 36.5 Å². The zero-order valence-corrected chi connectivity index (χ0v) is 21.1. The van der Waals surface area contributed by atoms with E-state index in [1.807, 2.05) is 42.2 Å². The van der Waals surface area contributed by atoms with Gasteiger partial charge in [0.2, 0.25) is 0 Å². The van der Waals surface area contributed by atoms with Gasteiger partial charge in [0.15, 0.2) is 0 Å². The minimum atomic E-state index is -3.77. The van der Waals surface area contributed by atoms with Crippen LogP contribution in [-0.4, -0.2) is 52.5 Å². The van der Waals surface area contributed by atoms with E-state index < -0.39 is 10.0 Å². The monoisotopic (exact) mass is 493 g/mol. The first kappa shape index (κ1) is 24.6. The maximum Gasteiger partial charge on any atom is 0.262 e. The van der Waals surface area contributed by atoms with Crippen LogP contribution in [0.15, 0.2) is 71.6 Å². The molecule has 1 N–H and O–H groups in total. The van der Waals surface area contributed by atoms with Gasteiger partial charge in [0.25, 0.3) is 15.9 Å². The largest absolute Gasteiger partial charge is 0.497 e. The van der Waals surface area contributed by atoms with Crippen LogP contribution in [0.5, 0.6) is 5.75 Å². The van der Waals surface area contributed by atoms with Crippen molar-refractivity contribution in [3.63, 3.8) is 0 Å². The summed E-state index contributed by atoms with van der Waals surface area (Å²) in [4.78, 5) is 17.6. The summed E-state index contributed by atoms with van der Waals surface area (Å²) in [6.45, 7) is 6.42. The Balaban J connectivity index is 1.46. The Morgan fingerprint density at radius 3 is 2.43 bits per heavy atom. The van der Waals surface area contributed by atoms with Crippen LogP contribution in [0.25, 0.3) is 0 Å². The van der Waals surface area contributed by atoms with Crippen molar-refractivity contribution in [1.29, 1.82) is 0 Å². The second kappa shape index (κ2) is 10.4. The first-order valence-electron chi connectivity index (χ1n) is 11.7. The van der Waals surface area contributed by atoms with Crippen molar-refractivity contribution in [2.24, 2.45) is 0 Å². The Labute approximate surface area is 207 Å². The molecular weight excluding hydrogens is 462 g/mol. The van der Waals surface area contributed by atoms with Gasteiger partial charge in [0, 0.05) is 43.1 Å². The summed E-state index contributed by atoms with van der Waals surface area (Å²) in [6, 6.07) is 20.0. The first-order chi connectivity index (χ1) is 16.8. The van der Waals surface area contributed by atoms with Gasteiger partial charge in [-0.1, -0.05) is 18.2 Å². The average Bonchev–Trinajstić information content (AvgIpc) is 3.11. The number of nitrogens with one attached hydrogen (secondary N) is 1. The van der Waals surface area contributed by atoms with Gasteiger partial charge in [-0.15, -0.1) is 0 Å². The third kappa shape index (κ3) is 5.77. The smallest absolute Gasteiger partial charge is 0.262 e. The molecule has 35 heavy (non-hydrogen) atoms. The Hall–Kier alpha value is -3.52. The van der Waals surface area contributed by atoms with Gasteiger partial charge < -0.3 is 14.5 Å². The molecule has 7 nitrogen and oxygen atoms in total. The molecule has 0 atom stereocenters.